The Labute approximate surface area is 67.3 Å². The number of hydrogen-bond acceptors (Lipinski definition) is 2. The van der Waals surface area contributed by atoms with Crippen LogP contribution < -0.4 is 0 Å². The van der Waals surface area contributed by atoms with Crippen LogP contribution in [0.25, 0.3) is 0 Å². The van der Waals surface area contributed by atoms with Crippen LogP contribution in [0, 0.1) is 0 Å². The molecular weight excluding hydrogens is 142 g/mol. The van der Waals surface area contributed by atoms with Crippen LogP contribution in [-0.4, -0.2) is 37.6 Å². The van der Waals surface area contributed by atoms with Crippen molar-refractivity contribution in [1.82, 2.24) is 4.90 Å². The fourth-order valence-electron chi connectivity index (χ4n) is 1.41. The number of ether oxygens (including phenoxy) is 1. The zero-order chi connectivity index (χ0) is 8.48. The van der Waals surface area contributed by atoms with Crippen molar-refractivity contribution < 1.29 is 9.53 Å². The molecule has 0 N–H and O–H groups in total. The van der Waals surface area contributed by atoms with Crippen LogP contribution in [0.4, 0.5) is 0 Å². The molecule has 0 aromatic rings. The molecule has 1 amide bonds. The number of hydrogen-bond donors (Lipinski definition) is 0. The Bertz CT molecular complexity index is 156. The van der Waals surface area contributed by atoms with Gasteiger partial charge in [0.2, 0.25) is 0 Å². The minimum absolute atomic E-state index is 0.103. The maximum atomic E-state index is 11.5. The molecular formula is C8H15NO2. The van der Waals surface area contributed by atoms with E-state index in [0.717, 1.165) is 19.3 Å². The van der Waals surface area contributed by atoms with Crippen LogP contribution in [0.2, 0.25) is 0 Å². The van der Waals surface area contributed by atoms with E-state index in [1.54, 1.807) is 26.1 Å². The van der Waals surface area contributed by atoms with Crippen LogP contribution >= 0.6 is 0 Å². The van der Waals surface area contributed by atoms with Crippen molar-refractivity contribution in [1.29, 1.82) is 0 Å². The summed E-state index contributed by atoms with van der Waals surface area (Å²) in [7, 11) is 5.14. The first-order chi connectivity index (χ1) is 5.12. The smallest absolute Gasteiger partial charge is 0.254 e. The largest absolute Gasteiger partial charge is 0.368 e. The van der Waals surface area contributed by atoms with Crippen molar-refractivity contribution in [2.24, 2.45) is 0 Å². The highest BCUT2D eigenvalue weighted by Gasteiger charge is 2.45. The van der Waals surface area contributed by atoms with Gasteiger partial charge in [-0.2, -0.15) is 0 Å². The van der Waals surface area contributed by atoms with Gasteiger partial charge in [-0.25, -0.2) is 0 Å². The fraction of sp³-hybridized carbons (Fsp3) is 0.875. The number of carbonyl (C=O) groups excluding carboxylic acids is 1. The molecule has 0 spiro atoms. The van der Waals surface area contributed by atoms with Crippen LogP contribution in [-0.2, 0) is 9.53 Å². The number of methoxy groups -OCH3 is 1. The third kappa shape index (κ3) is 1.25. The first-order valence-corrected chi connectivity index (χ1v) is 3.89. The van der Waals surface area contributed by atoms with Crippen LogP contribution in [0.3, 0.4) is 0 Å². The van der Waals surface area contributed by atoms with Crippen molar-refractivity contribution in [3.63, 3.8) is 0 Å². The van der Waals surface area contributed by atoms with Gasteiger partial charge in [0.15, 0.2) is 0 Å². The summed E-state index contributed by atoms with van der Waals surface area (Å²) in [6, 6.07) is 0. The van der Waals surface area contributed by atoms with E-state index in [-0.39, 0.29) is 5.91 Å². The Balaban J connectivity index is 2.62. The lowest BCUT2D eigenvalue weighted by atomic mass is 9.79. The second-order valence-corrected chi connectivity index (χ2v) is 3.25. The van der Waals surface area contributed by atoms with Gasteiger partial charge in [0.1, 0.15) is 5.60 Å². The third-order valence-corrected chi connectivity index (χ3v) is 2.35. The number of rotatable bonds is 2. The van der Waals surface area contributed by atoms with Crippen molar-refractivity contribution in [2.75, 3.05) is 21.2 Å². The van der Waals surface area contributed by atoms with E-state index in [4.69, 9.17) is 4.74 Å². The lowest BCUT2D eigenvalue weighted by Gasteiger charge is -2.40. The summed E-state index contributed by atoms with van der Waals surface area (Å²) in [5, 5.41) is 0. The summed E-state index contributed by atoms with van der Waals surface area (Å²) >= 11 is 0. The van der Waals surface area contributed by atoms with E-state index in [9.17, 15) is 4.79 Å². The summed E-state index contributed by atoms with van der Waals surface area (Å²) < 4.78 is 5.21. The average Bonchev–Trinajstić information content (AvgIpc) is 1.86. The molecule has 1 aliphatic carbocycles. The van der Waals surface area contributed by atoms with Gasteiger partial charge in [-0.1, -0.05) is 0 Å². The second kappa shape index (κ2) is 2.81. The molecule has 11 heavy (non-hydrogen) atoms. The van der Waals surface area contributed by atoms with Crippen molar-refractivity contribution in [2.45, 2.75) is 24.9 Å². The van der Waals surface area contributed by atoms with E-state index in [1.165, 1.54) is 0 Å². The van der Waals surface area contributed by atoms with Crippen molar-refractivity contribution in [3.8, 4) is 0 Å². The van der Waals surface area contributed by atoms with Gasteiger partial charge in [-0.3, -0.25) is 4.79 Å². The maximum absolute atomic E-state index is 11.5. The molecule has 0 atom stereocenters. The van der Waals surface area contributed by atoms with Crippen LogP contribution in [0.1, 0.15) is 19.3 Å². The van der Waals surface area contributed by atoms with Crippen LogP contribution in [0.15, 0.2) is 0 Å². The average molecular weight is 157 g/mol. The van der Waals surface area contributed by atoms with Gasteiger partial charge >= 0.3 is 0 Å². The summed E-state index contributed by atoms with van der Waals surface area (Å²) in [6.07, 6.45) is 2.86. The quantitative estimate of drug-likeness (QED) is 0.589. The zero-order valence-corrected chi connectivity index (χ0v) is 7.39. The van der Waals surface area contributed by atoms with Gasteiger partial charge in [0.05, 0.1) is 0 Å². The topological polar surface area (TPSA) is 29.5 Å². The van der Waals surface area contributed by atoms with Gasteiger partial charge in [0.25, 0.3) is 5.91 Å². The molecule has 1 saturated carbocycles. The first-order valence-electron chi connectivity index (χ1n) is 3.89. The Kier molecular flexibility index (Phi) is 2.18. The maximum Gasteiger partial charge on any atom is 0.254 e. The number of nitrogens with zero attached hydrogens (tertiary/aromatic N) is 1. The molecule has 0 aromatic carbocycles. The molecule has 1 rings (SSSR count). The molecule has 64 valence electrons. The normalized spacial score (nSPS) is 20.6. The SMILES string of the molecule is COC1(C(=O)N(C)C)CCC1. The number of amides is 1. The lowest BCUT2D eigenvalue weighted by Crippen LogP contribution is -2.52. The highest BCUT2D eigenvalue weighted by Crippen LogP contribution is 2.36. The van der Waals surface area contributed by atoms with E-state index < -0.39 is 5.60 Å². The number of carbonyl (C=O) groups is 1. The summed E-state index contributed by atoms with van der Waals surface area (Å²) in [5.41, 5.74) is -0.469. The first kappa shape index (κ1) is 8.53. The molecule has 0 unspecified atom stereocenters. The standard InChI is InChI=1S/C8H15NO2/c1-9(2)7(10)8(11-3)5-4-6-8/h4-6H2,1-3H3. The minimum Gasteiger partial charge on any atom is -0.368 e. The molecule has 0 aromatic heterocycles. The Hall–Kier alpha value is -0.570. The summed E-state index contributed by atoms with van der Waals surface area (Å²) in [5.74, 6) is 0.103. The molecule has 0 heterocycles. The molecule has 3 heteroatoms. The molecule has 3 nitrogen and oxygen atoms in total. The highest BCUT2D eigenvalue weighted by atomic mass is 16.5. The van der Waals surface area contributed by atoms with Crippen molar-refractivity contribution in [3.05, 3.63) is 0 Å². The van der Waals surface area contributed by atoms with Gasteiger partial charge in [-0.05, 0) is 19.3 Å². The van der Waals surface area contributed by atoms with E-state index in [0.29, 0.717) is 0 Å². The predicted molar refractivity (Wildman–Crippen MR) is 42.3 cm³/mol. The molecule has 0 aliphatic heterocycles. The zero-order valence-electron chi connectivity index (χ0n) is 7.39. The minimum atomic E-state index is -0.469. The van der Waals surface area contributed by atoms with Crippen LogP contribution in [0.5, 0.6) is 0 Å². The van der Waals surface area contributed by atoms with Gasteiger partial charge in [-0.15, -0.1) is 0 Å². The van der Waals surface area contributed by atoms with E-state index in [2.05, 4.69) is 0 Å². The molecule has 0 saturated heterocycles. The molecule has 0 radical (unpaired) electrons. The number of likely N-dealkylation sites (N-methyl/N-ethyl adjacent to an activating group) is 1. The van der Waals surface area contributed by atoms with Gasteiger partial charge < -0.3 is 9.64 Å². The Morgan fingerprint density at radius 2 is 2.00 bits per heavy atom. The second-order valence-electron chi connectivity index (χ2n) is 3.25. The lowest BCUT2D eigenvalue weighted by molar-refractivity contribution is -0.163. The predicted octanol–water partition coefficient (Wildman–Crippen LogP) is 0.644. The van der Waals surface area contributed by atoms with Gasteiger partial charge in [0, 0.05) is 21.2 Å². The highest BCUT2D eigenvalue weighted by molar-refractivity contribution is 5.85. The Morgan fingerprint density at radius 1 is 1.45 bits per heavy atom. The molecule has 0 bridgehead atoms. The van der Waals surface area contributed by atoms with Crippen molar-refractivity contribution >= 4 is 5.91 Å². The summed E-state index contributed by atoms with van der Waals surface area (Å²) in [6.45, 7) is 0. The van der Waals surface area contributed by atoms with E-state index in [1.807, 2.05) is 0 Å². The summed E-state index contributed by atoms with van der Waals surface area (Å²) in [4.78, 5) is 13.1. The molecule has 1 fully saturated rings. The van der Waals surface area contributed by atoms with E-state index >= 15 is 0 Å². The fourth-order valence-corrected chi connectivity index (χ4v) is 1.41. The molecule has 1 aliphatic rings. The Morgan fingerprint density at radius 3 is 2.09 bits per heavy atom. The third-order valence-electron chi connectivity index (χ3n) is 2.35. The monoisotopic (exact) mass is 157 g/mol.